The summed E-state index contributed by atoms with van der Waals surface area (Å²) in [4.78, 5) is 17.8. The molecule has 0 unspecified atom stereocenters. The molecule has 1 aliphatic heterocycles. The fourth-order valence-electron chi connectivity index (χ4n) is 2.97. The highest BCUT2D eigenvalue weighted by Crippen LogP contribution is 2.14. The van der Waals surface area contributed by atoms with Crippen LogP contribution in [0, 0.1) is 13.8 Å². The molecule has 0 radical (unpaired) electrons. The van der Waals surface area contributed by atoms with E-state index in [1.165, 1.54) is 0 Å². The average molecular weight is 463 g/mol. The van der Waals surface area contributed by atoms with E-state index < -0.39 is 0 Å². The van der Waals surface area contributed by atoms with Crippen LogP contribution in [-0.4, -0.2) is 49.0 Å². The van der Waals surface area contributed by atoms with Gasteiger partial charge in [0, 0.05) is 31.2 Å². The van der Waals surface area contributed by atoms with Crippen LogP contribution in [0.3, 0.4) is 0 Å². The number of nitrogens with zero attached hydrogens (tertiary/aromatic N) is 2. The van der Waals surface area contributed by atoms with Crippen molar-refractivity contribution in [3.05, 3.63) is 23.2 Å². The number of nitrogens with two attached hydrogens (primary N) is 1. The Hall–Kier alpha value is -1.29. The molecule has 2 heterocycles. The molecule has 0 saturated carbocycles. The van der Waals surface area contributed by atoms with Crippen LogP contribution >= 0.6 is 24.0 Å². The maximum atomic E-state index is 11.0. The average Bonchev–Trinajstić information content (AvgIpc) is 2.84. The third kappa shape index (κ3) is 7.23. The fraction of sp³-hybridized carbons (Fsp3) is 0.647. The lowest BCUT2D eigenvalue weighted by Crippen LogP contribution is -2.49. The molecule has 1 saturated heterocycles. The molecule has 0 atom stereocenters. The van der Waals surface area contributed by atoms with E-state index in [4.69, 9.17) is 10.2 Å². The van der Waals surface area contributed by atoms with Gasteiger partial charge in [-0.25, -0.2) is 4.99 Å². The second-order valence-corrected chi connectivity index (χ2v) is 6.29. The maximum Gasteiger partial charge on any atom is 0.231 e. The topological polar surface area (TPSA) is 95.9 Å². The van der Waals surface area contributed by atoms with Gasteiger partial charge in [0.1, 0.15) is 11.5 Å². The van der Waals surface area contributed by atoms with E-state index in [1.807, 2.05) is 19.9 Å². The minimum absolute atomic E-state index is 0. The molecular weight excluding hydrogens is 433 g/mol. The number of primary amides is 1. The molecule has 0 bridgehead atoms. The first-order valence-corrected chi connectivity index (χ1v) is 8.59. The van der Waals surface area contributed by atoms with Crippen LogP contribution in [0.4, 0.5) is 0 Å². The summed E-state index contributed by atoms with van der Waals surface area (Å²) < 4.78 is 5.55. The number of guanidine groups is 1. The second-order valence-electron chi connectivity index (χ2n) is 6.29. The summed E-state index contributed by atoms with van der Waals surface area (Å²) in [6.45, 7) is 9.48. The number of piperidine rings is 1. The quantitative estimate of drug-likeness (QED) is 0.338. The number of aryl methyl sites for hydroxylation is 2. The Morgan fingerprint density at radius 1 is 1.40 bits per heavy atom. The molecule has 0 aromatic carbocycles. The number of furan rings is 1. The second kappa shape index (κ2) is 10.6. The van der Waals surface area contributed by atoms with Crippen LogP contribution in [0.5, 0.6) is 0 Å². The van der Waals surface area contributed by atoms with Crippen LogP contribution in [0.15, 0.2) is 15.5 Å². The normalized spacial score (nSPS) is 16.4. The van der Waals surface area contributed by atoms with Crippen molar-refractivity contribution in [3.63, 3.8) is 0 Å². The van der Waals surface area contributed by atoms with Crippen molar-refractivity contribution in [2.75, 3.05) is 26.2 Å². The molecule has 0 aliphatic carbocycles. The Morgan fingerprint density at radius 3 is 2.60 bits per heavy atom. The molecule has 8 heteroatoms. The van der Waals surface area contributed by atoms with Gasteiger partial charge in [-0.1, -0.05) is 0 Å². The Balaban J connectivity index is 0.00000312. The zero-order valence-electron chi connectivity index (χ0n) is 15.3. The van der Waals surface area contributed by atoms with Gasteiger partial charge in [-0.3, -0.25) is 9.69 Å². The molecule has 1 aliphatic rings. The van der Waals surface area contributed by atoms with E-state index in [1.54, 1.807) is 0 Å². The van der Waals surface area contributed by atoms with Gasteiger partial charge in [-0.05, 0) is 39.7 Å². The number of halogens is 1. The van der Waals surface area contributed by atoms with Gasteiger partial charge >= 0.3 is 0 Å². The lowest BCUT2D eigenvalue weighted by molar-refractivity contribution is -0.119. The summed E-state index contributed by atoms with van der Waals surface area (Å²) >= 11 is 0. The third-order valence-electron chi connectivity index (χ3n) is 4.20. The van der Waals surface area contributed by atoms with Crippen molar-refractivity contribution in [2.45, 2.75) is 46.2 Å². The highest BCUT2D eigenvalue weighted by Gasteiger charge is 2.20. The molecule has 2 rings (SSSR count). The fourth-order valence-corrected chi connectivity index (χ4v) is 2.97. The zero-order chi connectivity index (χ0) is 17.5. The van der Waals surface area contributed by atoms with Crippen molar-refractivity contribution in [3.8, 4) is 0 Å². The van der Waals surface area contributed by atoms with Crippen LogP contribution in [-0.2, 0) is 11.3 Å². The largest absolute Gasteiger partial charge is 0.466 e. The molecule has 1 amide bonds. The molecule has 7 nitrogen and oxygen atoms in total. The standard InChI is InChI=1S/C17H29N5O2.HI/c1-4-19-17(20-10-14-9-12(2)24-13(14)3)21-15-5-7-22(8-6-15)11-16(18)23;/h9,15H,4-8,10-11H2,1-3H3,(H2,18,23)(H2,19,20,21);1H. The number of aliphatic imine (C=N–C) groups is 1. The van der Waals surface area contributed by atoms with Crippen LogP contribution in [0.25, 0.3) is 0 Å². The van der Waals surface area contributed by atoms with E-state index in [9.17, 15) is 4.79 Å². The Morgan fingerprint density at radius 2 is 2.08 bits per heavy atom. The summed E-state index contributed by atoms with van der Waals surface area (Å²) in [5.74, 6) is 2.40. The molecule has 4 N–H and O–H groups in total. The van der Waals surface area contributed by atoms with Crippen molar-refractivity contribution >= 4 is 35.8 Å². The van der Waals surface area contributed by atoms with Gasteiger partial charge in [-0.2, -0.15) is 0 Å². The first-order chi connectivity index (χ1) is 11.5. The number of nitrogens with one attached hydrogen (secondary N) is 2. The molecule has 1 aromatic heterocycles. The lowest BCUT2D eigenvalue weighted by Gasteiger charge is -2.32. The molecule has 1 fully saturated rings. The van der Waals surface area contributed by atoms with E-state index >= 15 is 0 Å². The smallest absolute Gasteiger partial charge is 0.231 e. The first-order valence-electron chi connectivity index (χ1n) is 8.59. The van der Waals surface area contributed by atoms with Gasteiger partial charge in [0.2, 0.25) is 5.91 Å². The van der Waals surface area contributed by atoms with Gasteiger partial charge in [0.25, 0.3) is 0 Å². The molecule has 1 aromatic rings. The van der Waals surface area contributed by atoms with Gasteiger partial charge < -0.3 is 20.8 Å². The van der Waals surface area contributed by atoms with E-state index in [-0.39, 0.29) is 29.9 Å². The monoisotopic (exact) mass is 463 g/mol. The number of hydrogen-bond acceptors (Lipinski definition) is 4. The lowest BCUT2D eigenvalue weighted by atomic mass is 10.1. The Kier molecular flexibility index (Phi) is 9.26. The first kappa shape index (κ1) is 21.8. The molecule has 0 spiro atoms. The summed E-state index contributed by atoms with van der Waals surface area (Å²) in [6.07, 6.45) is 1.95. The number of carbonyl (C=O) groups is 1. The SMILES string of the molecule is CCNC(=NCc1cc(C)oc1C)NC1CCN(CC(N)=O)CC1.I. The van der Waals surface area contributed by atoms with Crippen LogP contribution in [0.1, 0.15) is 36.8 Å². The van der Waals surface area contributed by atoms with E-state index in [0.717, 1.165) is 55.5 Å². The molecule has 142 valence electrons. The predicted molar refractivity (Wildman–Crippen MR) is 110 cm³/mol. The van der Waals surface area contributed by atoms with Crippen molar-refractivity contribution in [2.24, 2.45) is 10.7 Å². The highest BCUT2D eigenvalue weighted by atomic mass is 127. The van der Waals surface area contributed by atoms with E-state index in [0.29, 0.717) is 19.1 Å². The summed E-state index contributed by atoms with van der Waals surface area (Å²) in [6, 6.07) is 2.39. The maximum absolute atomic E-state index is 11.0. The van der Waals surface area contributed by atoms with Crippen molar-refractivity contribution < 1.29 is 9.21 Å². The van der Waals surface area contributed by atoms with E-state index in [2.05, 4.69) is 27.4 Å². The highest BCUT2D eigenvalue weighted by molar-refractivity contribution is 14.0. The Bertz CT molecular complexity index is 580. The number of rotatable bonds is 6. The van der Waals surface area contributed by atoms with Gasteiger partial charge in [0.05, 0.1) is 13.1 Å². The number of likely N-dealkylation sites (tertiary alicyclic amines) is 1. The minimum Gasteiger partial charge on any atom is -0.466 e. The zero-order valence-corrected chi connectivity index (χ0v) is 17.6. The van der Waals surface area contributed by atoms with Crippen molar-refractivity contribution in [1.29, 1.82) is 0 Å². The number of carbonyl (C=O) groups excluding carboxylic acids is 1. The van der Waals surface area contributed by atoms with Gasteiger partial charge in [0.15, 0.2) is 5.96 Å². The molecule has 25 heavy (non-hydrogen) atoms. The number of amides is 1. The van der Waals surface area contributed by atoms with Crippen LogP contribution in [0.2, 0.25) is 0 Å². The summed E-state index contributed by atoms with van der Waals surface area (Å²) in [5, 5.41) is 6.78. The van der Waals surface area contributed by atoms with Crippen LogP contribution < -0.4 is 16.4 Å². The third-order valence-corrected chi connectivity index (χ3v) is 4.20. The van der Waals surface area contributed by atoms with Crippen molar-refractivity contribution in [1.82, 2.24) is 15.5 Å². The summed E-state index contributed by atoms with van der Waals surface area (Å²) in [7, 11) is 0. The predicted octanol–water partition coefficient (Wildman–Crippen LogP) is 1.52. The Labute approximate surface area is 166 Å². The molecular formula is C17H30IN5O2. The minimum atomic E-state index is -0.262. The summed E-state index contributed by atoms with van der Waals surface area (Å²) in [5.41, 5.74) is 6.37. The number of hydrogen-bond donors (Lipinski definition) is 3. The van der Waals surface area contributed by atoms with Gasteiger partial charge in [-0.15, -0.1) is 24.0 Å².